The molecule has 16 heavy (non-hydrogen) atoms. The minimum absolute atomic E-state index is 0.318. The van der Waals surface area contributed by atoms with Crippen molar-refractivity contribution >= 4 is 17.4 Å². The molecular weight excluding hydrogens is 224 g/mol. The molecule has 0 unspecified atom stereocenters. The lowest BCUT2D eigenvalue weighted by Gasteiger charge is -2.11. The molecule has 0 amide bonds. The number of anilines is 1. The average Bonchev–Trinajstić information content (AvgIpc) is 2.16. The molecule has 0 spiro atoms. The van der Waals surface area contributed by atoms with Crippen molar-refractivity contribution in [3.05, 3.63) is 17.0 Å². The van der Waals surface area contributed by atoms with Crippen molar-refractivity contribution in [3.63, 3.8) is 0 Å². The SMILES string of the molecule is CCCc1cc(NCCN(C)C)nc(Cl)n1. The van der Waals surface area contributed by atoms with Crippen LogP contribution in [0, 0.1) is 0 Å². The highest BCUT2D eigenvalue weighted by Crippen LogP contribution is 2.11. The topological polar surface area (TPSA) is 41.0 Å². The standard InChI is InChI=1S/C11H19ClN4/c1-4-5-9-8-10(15-11(12)14-9)13-6-7-16(2)3/h8H,4-7H2,1-3H3,(H,13,14,15). The average molecular weight is 243 g/mol. The van der Waals surface area contributed by atoms with Crippen molar-refractivity contribution in [2.75, 3.05) is 32.5 Å². The van der Waals surface area contributed by atoms with Crippen LogP contribution >= 0.6 is 11.6 Å². The Labute approximate surface area is 102 Å². The van der Waals surface area contributed by atoms with Crippen molar-refractivity contribution in [2.45, 2.75) is 19.8 Å². The van der Waals surface area contributed by atoms with Gasteiger partial charge in [-0.3, -0.25) is 0 Å². The van der Waals surface area contributed by atoms with Crippen LogP contribution in [0.5, 0.6) is 0 Å². The van der Waals surface area contributed by atoms with E-state index in [9.17, 15) is 0 Å². The summed E-state index contributed by atoms with van der Waals surface area (Å²) in [5, 5.41) is 3.56. The first kappa shape index (κ1) is 13.2. The van der Waals surface area contributed by atoms with Crippen LogP contribution in [0.2, 0.25) is 5.28 Å². The fraction of sp³-hybridized carbons (Fsp3) is 0.636. The molecule has 90 valence electrons. The zero-order valence-corrected chi connectivity index (χ0v) is 10.9. The van der Waals surface area contributed by atoms with Gasteiger partial charge in [0.05, 0.1) is 0 Å². The van der Waals surface area contributed by atoms with E-state index in [2.05, 4.69) is 27.1 Å². The van der Waals surface area contributed by atoms with E-state index in [1.807, 2.05) is 20.2 Å². The fourth-order valence-corrected chi connectivity index (χ4v) is 1.55. The molecule has 1 aromatic heterocycles. The Bertz CT molecular complexity index is 328. The molecule has 0 atom stereocenters. The molecule has 0 aromatic carbocycles. The predicted molar refractivity (Wildman–Crippen MR) is 68.1 cm³/mol. The zero-order chi connectivity index (χ0) is 12.0. The van der Waals surface area contributed by atoms with Gasteiger partial charge in [-0.25, -0.2) is 9.97 Å². The molecule has 1 N–H and O–H groups in total. The van der Waals surface area contributed by atoms with Crippen LogP contribution in [0.15, 0.2) is 6.07 Å². The van der Waals surface area contributed by atoms with Gasteiger partial charge >= 0.3 is 0 Å². The van der Waals surface area contributed by atoms with Crippen LogP contribution in [0.3, 0.4) is 0 Å². The van der Waals surface area contributed by atoms with Crippen LogP contribution in [0.1, 0.15) is 19.0 Å². The van der Waals surface area contributed by atoms with E-state index in [-0.39, 0.29) is 0 Å². The maximum Gasteiger partial charge on any atom is 0.224 e. The van der Waals surface area contributed by atoms with Gasteiger partial charge in [0.25, 0.3) is 0 Å². The first-order valence-corrected chi connectivity index (χ1v) is 5.91. The highest BCUT2D eigenvalue weighted by atomic mass is 35.5. The van der Waals surface area contributed by atoms with Crippen LogP contribution < -0.4 is 5.32 Å². The molecule has 1 aromatic rings. The zero-order valence-electron chi connectivity index (χ0n) is 10.1. The maximum absolute atomic E-state index is 5.85. The molecule has 0 fully saturated rings. The summed E-state index contributed by atoms with van der Waals surface area (Å²) in [7, 11) is 4.08. The molecule has 0 saturated heterocycles. The number of aromatic nitrogens is 2. The molecule has 0 aliphatic heterocycles. The quantitative estimate of drug-likeness (QED) is 0.776. The highest BCUT2D eigenvalue weighted by molar-refractivity contribution is 6.28. The van der Waals surface area contributed by atoms with E-state index < -0.39 is 0 Å². The number of aryl methyl sites for hydroxylation is 1. The van der Waals surface area contributed by atoms with Crippen LogP contribution in [0.25, 0.3) is 0 Å². The van der Waals surface area contributed by atoms with Crippen molar-refractivity contribution in [1.29, 1.82) is 0 Å². The van der Waals surface area contributed by atoms with Crippen molar-refractivity contribution < 1.29 is 0 Å². The molecule has 1 rings (SSSR count). The molecule has 4 nitrogen and oxygen atoms in total. The summed E-state index contributed by atoms with van der Waals surface area (Å²) < 4.78 is 0. The lowest BCUT2D eigenvalue weighted by molar-refractivity contribution is 0.425. The van der Waals surface area contributed by atoms with Gasteiger partial charge in [0.1, 0.15) is 5.82 Å². The third-order valence-electron chi connectivity index (χ3n) is 2.12. The van der Waals surface area contributed by atoms with E-state index in [0.717, 1.165) is 37.4 Å². The number of nitrogens with zero attached hydrogens (tertiary/aromatic N) is 3. The maximum atomic E-state index is 5.85. The number of hydrogen-bond acceptors (Lipinski definition) is 4. The molecule has 5 heteroatoms. The van der Waals surface area contributed by atoms with Crippen LogP contribution in [-0.4, -0.2) is 42.1 Å². The van der Waals surface area contributed by atoms with E-state index >= 15 is 0 Å². The number of hydrogen-bond donors (Lipinski definition) is 1. The second-order valence-corrected chi connectivity index (χ2v) is 4.33. The van der Waals surface area contributed by atoms with Crippen molar-refractivity contribution in [2.24, 2.45) is 0 Å². The summed E-state index contributed by atoms with van der Waals surface area (Å²) in [6.07, 6.45) is 2.00. The number of halogens is 1. The Morgan fingerprint density at radius 3 is 2.75 bits per heavy atom. The number of likely N-dealkylation sites (N-methyl/N-ethyl adjacent to an activating group) is 1. The van der Waals surface area contributed by atoms with Gasteiger partial charge < -0.3 is 10.2 Å². The Morgan fingerprint density at radius 2 is 2.12 bits per heavy atom. The first-order valence-electron chi connectivity index (χ1n) is 5.54. The van der Waals surface area contributed by atoms with E-state index in [4.69, 9.17) is 11.6 Å². The van der Waals surface area contributed by atoms with Gasteiger partial charge in [-0.15, -0.1) is 0 Å². The predicted octanol–water partition coefficient (Wildman–Crippen LogP) is 2.06. The van der Waals surface area contributed by atoms with Gasteiger partial charge in [-0.2, -0.15) is 0 Å². The van der Waals surface area contributed by atoms with Gasteiger partial charge in [0, 0.05) is 24.8 Å². The Balaban J connectivity index is 2.58. The molecular formula is C11H19ClN4. The van der Waals surface area contributed by atoms with Crippen molar-refractivity contribution in [1.82, 2.24) is 14.9 Å². The second-order valence-electron chi connectivity index (χ2n) is 3.99. The Hall–Kier alpha value is -0.870. The summed E-state index contributed by atoms with van der Waals surface area (Å²) in [5.74, 6) is 0.810. The summed E-state index contributed by atoms with van der Waals surface area (Å²) in [5.41, 5.74) is 0.995. The van der Waals surface area contributed by atoms with Gasteiger partial charge in [0.2, 0.25) is 5.28 Å². The second kappa shape index (κ2) is 6.66. The molecule has 0 aliphatic carbocycles. The van der Waals surface area contributed by atoms with E-state index in [1.165, 1.54) is 0 Å². The Kier molecular flexibility index (Phi) is 5.49. The van der Waals surface area contributed by atoms with Gasteiger partial charge in [0.15, 0.2) is 0 Å². The molecule has 0 radical (unpaired) electrons. The van der Waals surface area contributed by atoms with Crippen molar-refractivity contribution in [3.8, 4) is 0 Å². The summed E-state index contributed by atoms with van der Waals surface area (Å²) in [4.78, 5) is 10.4. The molecule has 1 heterocycles. The first-order chi connectivity index (χ1) is 7.61. The van der Waals surface area contributed by atoms with Gasteiger partial charge in [-0.1, -0.05) is 13.3 Å². The monoisotopic (exact) mass is 242 g/mol. The Morgan fingerprint density at radius 1 is 1.38 bits per heavy atom. The molecule has 0 saturated carbocycles. The van der Waals surface area contributed by atoms with Crippen LogP contribution in [0.4, 0.5) is 5.82 Å². The summed E-state index contributed by atoms with van der Waals surface area (Å²) in [6.45, 7) is 3.94. The summed E-state index contributed by atoms with van der Waals surface area (Å²) >= 11 is 5.85. The van der Waals surface area contributed by atoms with E-state index in [1.54, 1.807) is 0 Å². The van der Waals surface area contributed by atoms with Gasteiger partial charge in [-0.05, 0) is 32.1 Å². The molecule has 0 aliphatic rings. The summed E-state index contributed by atoms with van der Waals surface area (Å²) in [6, 6.07) is 1.96. The largest absolute Gasteiger partial charge is 0.369 e. The highest BCUT2D eigenvalue weighted by Gasteiger charge is 2.02. The van der Waals surface area contributed by atoms with E-state index in [0.29, 0.717) is 5.28 Å². The van der Waals surface area contributed by atoms with Crippen LogP contribution in [-0.2, 0) is 6.42 Å². The smallest absolute Gasteiger partial charge is 0.224 e. The molecule has 0 bridgehead atoms. The normalized spacial score (nSPS) is 10.8. The lowest BCUT2D eigenvalue weighted by Crippen LogP contribution is -2.21. The third-order valence-corrected chi connectivity index (χ3v) is 2.29. The minimum atomic E-state index is 0.318. The minimum Gasteiger partial charge on any atom is -0.369 e. The lowest BCUT2D eigenvalue weighted by atomic mass is 10.2. The fourth-order valence-electron chi connectivity index (χ4n) is 1.35. The number of nitrogens with one attached hydrogen (secondary N) is 1. The number of rotatable bonds is 6. The third kappa shape index (κ3) is 4.77.